The highest BCUT2D eigenvalue weighted by Crippen LogP contribution is 2.23. The molecule has 1 aromatic heterocycles. The Labute approximate surface area is 590 Å². The topological polar surface area (TPSA) is 441 Å². The number of Topliss-reactive ketones (excluding diaryl/α,β-unsaturated/α-hetero) is 5. The number of phenolic OH excluding ortho intramolecular Hbond substituents is 2. The van der Waals surface area contributed by atoms with Crippen molar-refractivity contribution < 1.29 is 92.5 Å². The van der Waals surface area contributed by atoms with Crippen LogP contribution >= 0.6 is 25.3 Å². The Kier molecular flexibility index (Phi) is 42.6. The van der Waals surface area contributed by atoms with Gasteiger partial charge < -0.3 is 67.3 Å². The molecule has 0 bridgehead atoms. The van der Waals surface area contributed by atoms with Crippen molar-refractivity contribution in [1.29, 1.82) is 0 Å². The quantitative estimate of drug-likeness (QED) is 0.0282. The number of carboxylic acids is 2. The summed E-state index contributed by atoms with van der Waals surface area (Å²) in [7, 11) is 1.72. The van der Waals surface area contributed by atoms with E-state index in [9.17, 15) is 83.1 Å². The minimum Gasteiger partial charge on any atom is -0.508 e. The second kappa shape index (κ2) is 48.2. The minimum absolute atomic E-state index is 0.0268. The van der Waals surface area contributed by atoms with E-state index in [2.05, 4.69) is 62.2 Å². The van der Waals surface area contributed by atoms with Crippen LogP contribution in [-0.4, -0.2) is 192 Å². The molecule has 0 saturated carbocycles. The summed E-state index contributed by atoms with van der Waals surface area (Å²) in [5.74, 6) is -11.9. The fourth-order valence-electron chi connectivity index (χ4n) is 10.5. The molecule has 30 heteroatoms. The molecule has 0 aliphatic carbocycles. The first-order valence-electron chi connectivity index (χ1n) is 33.6. The number of aliphatic hydroxyl groups is 1. The van der Waals surface area contributed by atoms with Gasteiger partial charge in [0.1, 0.15) is 23.3 Å². The summed E-state index contributed by atoms with van der Waals surface area (Å²) >= 11 is 8.57. The largest absolute Gasteiger partial charge is 0.508 e. The molecule has 2 aromatic carbocycles. The maximum absolute atomic E-state index is 13.7. The number of ether oxygens (including phenoxy) is 2. The monoisotopic (exact) mass is 1430 g/mol. The Morgan fingerprint density at radius 2 is 1.05 bits per heavy atom. The second-order valence-electron chi connectivity index (χ2n) is 25.5. The van der Waals surface area contributed by atoms with Crippen molar-refractivity contribution in [3.63, 3.8) is 0 Å². The summed E-state index contributed by atoms with van der Waals surface area (Å²) in [4.78, 5) is 155. The number of carboxylic acid groups (broad SMARTS) is 2. The van der Waals surface area contributed by atoms with E-state index in [1.165, 1.54) is 48.0 Å². The number of nitrogens with two attached hydrogens (primary N) is 1. The number of aliphatic hydroxyl groups excluding tert-OH is 1. The molecule has 0 aliphatic rings. The van der Waals surface area contributed by atoms with Crippen LogP contribution in [0.5, 0.6) is 11.5 Å². The van der Waals surface area contributed by atoms with Crippen LogP contribution in [0.3, 0.4) is 0 Å². The lowest BCUT2D eigenvalue weighted by Gasteiger charge is -2.25. The highest BCUT2D eigenvalue weighted by atomic mass is 32.1. The van der Waals surface area contributed by atoms with Gasteiger partial charge in [0.25, 0.3) is 0 Å². The summed E-state index contributed by atoms with van der Waals surface area (Å²) in [6, 6.07) is 6.35. The van der Waals surface area contributed by atoms with Crippen molar-refractivity contribution in [3.8, 4) is 11.5 Å². The van der Waals surface area contributed by atoms with E-state index in [1.807, 2.05) is 20.8 Å². The first-order chi connectivity index (χ1) is 46.9. The molecular formula is C69H105N9O19S2. The molecule has 5 amide bonds. The molecule has 9 atom stereocenters. The summed E-state index contributed by atoms with van der Waals surface area (Å²) in [5.41, 5.74) is 7.54. The third-order valence-electron chi connectivity index (χ3n) is 15.8. The number of nitrogens with zero attached hydrogens (tertiary/aromatic N) is 3. The summed E-state index contributed by atoms with van der Waals surface area (Å²) in [5, 5.41) is 69.1. The number of nitrogens with one attached hydrogen (secondary N) is 5. The van der Waals surface area contributed by atoms with Gasteiger partial charge in [0.15, 0.2) is 23.1 Å². The zero-order chi connectivity index (χ0) is 74.1. The maximum Gasteiger partial charge on any atom is 0.326 e. The summed E-state index contributed by atoms with van der Waals surface area (Å²) < 4.78 is 12.3. The van der Waals surface area contributed by atoms with Gasteiger partial charge >= 0.3 is 11.9 Å². The molecule has 0 radical (unpaired) electrons. The number of ketones is 5. The molecule has 0 spiro atoms. The molecule has 12 N–H and O–H groups in total. The summed E-state index contributed by atoms with van der Waals surface area (Å²) in [6.07, 6.45) is 3.87. The third-order valence-corrected chi connectivity index (χ3v) is 16.6. The molecule has 552 valence electrons. The van der Waals surface area contributed by atoms with Gasteiger partial charge in [0.05, 0.1) is 67.9 Å². The number of aromatic hydroxyl groups is 2. The van der Waals surface area contributed by atoms with E-state index in [1.54, 1.807) is 39.2 Å². The number of aromatic nitrogens is 3. The van der Waals surface area contributed by atoms with Crippen LogP contribution in [0.25, 0.3) is 0 Å². The Balaban J connectivity index is 0.000000715. The average Bonchev–Trinajstić information content (AvgIpc) is 1.52. The number of thiol groups is 2. The van der Waals surface area contributed by atoms with E-state index in [0.29, 0.717) is 88.3 Å². The fraction of sp³-hybridized carbons (Fsp3) is 0.623. The van der Waals surface area contributed by atoms with E-state index in [4.69, 9.17) is 15.2 Å². The van der Waals surface area contributed by atoms with Gasteiger partial charge in [-0.25, -0.2) is 4.79 Å². The number of rotatable bonds is 51. The Hall–Kier alpha value is -7.64. The standard InChI is InChI=1S/C39H59N7O10S2.C30H46N2O9/c1-23(2)14-32(39(55)56)42-37(53)26(20-47)17-34(50)31(15-24-7-10-29(48)11-8-24)41-38(54)27(21-57)18-35(51)33(22-58)43-36(52)25(6-4-5-13-40)16-30(49)12-9-28-19-46(3)45-44-28;1-5-12-40-14-15-41-13-6-7-27(35)26(19-29(37)38)32-30(39)23(16-20(2)3)18-28(36)25(31-21(4)33)17-22-8-10-24(34)11-9-22/h7-8,10-11,19,23,25-27,31-33,47-48,57-58H,4-6,9,12-18,20-22,40H2,1-3H3,(H,41,54)(H,42,53)(H,43,52)(H,55,56);8-11,20,23,25-26,34H,5-7,12-19H2,1-4H3,(H,31,33)(H,32,39)(H,37,38)/t25-,26+,27+,31-,32+,33+;23-,25-,26-/m10/s1. The van der Waals surface area contributed by atoms with Crippen molar-refractivity contribution in [3.05, 3.63) is 71.5 Å². The molecule has 3 aromatic rings. The zero-order valence-corrected chi connectivity index (χ0v) is 59.8. The van der Waals surface area contributed by atoms with Crippen LogP contribution in [-0.2, 0) is 93.3 Å². The number of phenols is 2. The van der Waals surface area contributed by atoms with E-state index >= 15 is 0 Å². The average molecular weight is 1430 g/mol. The molecule has 0 fully saturated rings. The van der Waals surface area contributed by atoms with Crippen molar-refractivity contribution in [2.45, 2.75) is 181 Å². The molecule has 3 rings (SSSR count). The van der Waals surface area contributed by atoms with Crippen LogP contribution in [0.15, 0.2) is 54.7 Å². The zero-order valence-electron chi connectivity index (χ0n) is 58.0. The predicted molar refractivity (Wildman–Crippen MR) is 373 cm³/mol. The lowest BCUT2D eigenvalue weighted by atomic mass is 9.88. The Morgan fingerprint density at radius 3 is 1.55 bits per heavy atom. The second-order valence-corrected chi connectivity index (χ2v) is 26.2. The molecule has 0 unspecified atom stereocenters. The molecule has 0 aliphatic heterocycles. The fourth-order valence-corrected chi connectivity index (χ4v) is 11.1. The maximum atomic E-state index is 13.7. The van der Waals surface area contributed by atoms with Crippen molar-refractivity contribution in [1.82, 2.24) is 41.6 Å². The van der Waals surface area contributed by atoms with Gasteiger partial charge in [0, 0.05) is 95.2 Å². The number of carbonyl (C=O) groups is 12. The van der Waals surface area contributed by atoms with Gasteiger partial charge in [-0.1, -0.05) is 70.5 Å². The minimum atomic E-state index is -1.32. The lowest BCUT2D eigenvalue weighted by molar-refractivity contribution is -0.143. The molecular weight excluding hydrogens is 1320 g/mol. The predicted octanol–water partition coefficient (Wildman–Crippen LogP) is 3.80. The highest BCUT2D eigenvalue weighted by Gasteiger charge is 2.35. The normalized spacial score (nSPS) is 13.9. The van der Waals surface area contributed by atoms with Crippen LogP contribution in [0.1, 0.15) is 148 Å². The number of benzene rings is 2. The summed E-state index contributed by atoms with van der Waals surface area (Å²) in [6.45, 7) is 12.1. The van der Waals surface area contributed by atoms with Gasteiger partial charge in [-0.2, -0.15) is 25.3 Å². The third kappa shape index (κ3) is 36.3. The first kappa shape index (κ1) is 87.4. The van der Waals surface area contributed by atoms with Crippen LogP contribution in [0, 0.1) is 35.5 Å². The molecule has 0 saturated heterocycles. The van der Waals surface area contributed by atoms with Crippen molar-refractivity contribution in [2.75, 3.05) is 51.1 Å². The van der Waals surface area contributed by atoms with Gasteiger partial charge in [-0.15, -0.1) is 5.10 Å². The number of amides is 5. The number of unbranched alkanes of at least 4 members (excludes halogenated alkanes) is 1. The number of hydrogen-bond acceptors (Lipinski definition) is 22. The number of hydrogen-bond donors (Lipinski definition) is 13. The molecule has 1 heterocycles. The van der Waals surface area contributed by atoms with Crippen LogP contribution < -0.4 is 32.3 Å². The molecule has 99 heavy (non-hydrogen) atoms. The first-order valence-corrected chi connectivity index (χ1v) is 34.8. The Bertz CT molecular complexity index is 3040. The van der Waals surface area contributed by atoms with Crippen LogP contribution in [0.4, 0.5) is 0 Å². The van der Waals surface area contributed by atoms with Gasteiger partial charge in [-0.05, 0) is 112 Å². The number of carbonyl (C=O) groups excluding carboxylic acids is 10. The van der Waals surface area contributed by atoms with E-state index in [0.717, 1.165) is 6.42 Å². The Morgan fingerprint density at radius 1 is 0.556 bits per heavy atom. The SMILES string of the molecule is CC(C)C[C@H](NC(=O)[C@H](CO)CC(=O)[C@@H](Cc1ccc(O)cc1)NC(=O)[C@H](CS)CC(=O)[C@H](CS)NC(=O)[C@H](CCCCN)CC(=O)CCc1cn(C)nn1)C(=O)O.CCCOCCOCCCC(=O)[C@H](CC(=O)O)NC(=O)[C@H](CC(=O)[C@H](Cc1ccc(O)cc1)NC(C)=O)CC(C)C. The van der Waals surface area contributed by atoms with E-state index in [-0.39, 0.29) is 97.8 Å². The van der Waals surface area contributed by atoms with Gasteiger partial charge in [0.2, 0.25) is 29.5 Å². The van der Waals surface area contributed by atoms with Crippen molar-refractivity contribution >= 4 is 95.6 Å². The van der Waals surface area contributed by atoms with Crippen molar-refractivity contribution in [2.24, 2.45) is 48.3 Å². The lowest BCUT2D eigenvalue weighted by Crippen LogP contribution is -2.50. The highest BCUT2D eigenvalue weighted by molar-refractivity contribution is 7.80. The smallest absolute Gasteiger partial charge is 0.326 e. The van der Waals surface area contributed by atoms with Crippen LogP contribution in [0.2, 0.25) is 0 Å². The van der Waals surface area contributed by atoms with E-state index < -0.39 is 132 Å². The number of aryl methyl sites for hydroxylation is 2. The molecule has 28 nitrogen and oxygen atoms in total. The number of aliphatic carboxylic acids is 2. The van der Waals surface area contributed by atoms with Gasteiger partial charge in [-0.3, -0.25) is 57.4 Å².